The van der Waals surface area contributed by atoms with Gasteiger partial charge in [0.15, 0.2) is 0 Å². The molecule has 24 heavy (non-hydrogen) atoms. The van der Waals surface area contributed by atoms with Crippen molar-refractivity contribution in [3.05, 3.63) is 23.7 Å². The summed E-state index contributed by atoms with van der Waals surface area (Å²) in [6, 6.07) is 0.332. The Hall–Kier alpha value is -1.41. The lowest BCUT2D eigenvalue weighted by atomic mass is 9.95. The topological polar surface area (TPSA) is 72.7 Å². The highest BCUT2D eigenvalue weighted by Gasteiger charge is 2.23. The molecule has 130 valence electrons. The first kappa shape index (κ1) is 17.4. The molecule has 1 aliphatic rings. The van der Waals surface area contributed by atoms with Gasteiger partial charge in [-0.25, -0.2) is 9.97 Å². The average molecular weight is 366 g/mol. The van der Waals surface area contributed by atoms with Gasteiger partial charge in [0.2, 0.25) is 5.91 Å². The average Bonchev–Trinajstić information content (AvgIpc) is 3.21. The molecule has 8 heteroatoms. The molecule has 1 amide bonds. The van der Waals surface area contributed by atoms with Crippen molar-refractivity contribution in [2.45, 2.75) is 67.6 Å². The van der Waals surface area contributed by atoms with E-state index in [0.29, 0.717) is 17.7 Å². The fourth-order valence-electron chi connectivity index (χ4n) is 2.90. The quantitative estimate of drug-likeness (QED) is 0.816. The van der Waals surface area contributed by atoms with Gasteiger partial charge in [-0.3, -0.25) is 9.48 Å². The molecular formula is C16H23N5OS2. The van der Waals surface area contributed by atoms with Crippen LogP contribution < -0.4 is 5.32 Å². The summed E-state index contributed by atoms with van der Waals surface area (Å²) in [6.07, 6.45) is 8.97. The molecule has 0 aliphatic heterocycles. The Morgan fingerprint density at radius 1 is 1.42 bits per heavy atom. The molecule has 2 aromatic heterocycles. The van der Waals surface area contributed by atoms with Gasteiger partial charge in [-0.05, 0) is 39.0 Å². The summed E-state index contributed by atoms with van der Waals surface area (Å²) < 4.78 is 2.93. The van der Waals surface area contributed by atoms with Gasteiger partial charge in [0, 0.05) is 35.3 Å². The number of aromatic nitrogens is 4. The van der Waals surface area contributed by atoms with E-state index in [9.17, 15) is 4.79 Å². The lowest BCUT2D eigenvalue weighted by Crippen LogP contribution is -2.38. The van der Waals surface area contributed by atoms with Crippen molar-refractivity contribution in [3.63, 3.8) is 0 Å². The molecule has 2 heterocycles. The van der Waals surface area contributed by atoms with Crippen LogP contribution in [0.3, 0.4) is 0 Å². The van der Waals surface area contributed by atoms with Crippen molar-refractivity contribution in [2.75, 3.05) is 0 Å². The second-order valence-corrected chi connectivity index (χ2v) is 8.58. The van der Waals surface area contributed by atoms with Crippen molar-refractivity contribution < 1.29 is 4.79 Å². The highest BCUT2D eigenvalue weighted by Crippen LogP contribution is 2.35. The van der Waals surface area contributed by atoms with Crippen LogP contribution in [-0.4, -0.2) is 36.9 Å². The molecule has 1 fully saturated rings. The molecule has 0 saturated heterocycles. The molecule has 0 spiro atoms. The Bertz CT molecular complexity index is 635. The Morgan fingerprint density at radius 2 is 2.25 bits per heavy atom. The number of thioether (sulfide) groups is 1. The Kier molecular flexibility index (Phi) is 6.25. The predicted molar refractivity (Wildman–Crippen MR) is 96.2 cm³/mol. The first-order valence-corrected chi connectivity index (χ1v) is 10.2. The van der Waals surface area contributed by atoms with Gasteiger partial charge < -0.3 is 5.32 Å². The summed E-state index contributed by atoms with van der Waals surface area (Å²) >= 11 is 3.63. The van der Waals surface area contributed by atoms with E-state index in [4.69, 9.17) is 0 Å². The van der Waals surface area contributed by atoms with Gasteiger partial charge in [-0.1, -0.05) is 11.8 Å². The molecule has 6 nitrogen and oxygen atoms in total. The summed E-state index contributed by atoms with van der Waals surface area (Å²) in [4.78, 5) is 20.5. The van der Waals surface area contributed by atoms with Gasteiger partial charge in [0.1, 0.15) is 17.0 Å². The first-order chi connectivity index (χ1) is 11.7. The molecule has 0 atom stereocenters. The maximum atomic E-state index is 12.0. The monoisotopic (exact) mass is 365 g/mol. The number of carbonyl (C=O) groups excluding carboxylic acids is 1. The summed E-state index contributed by atoms with van der Waals surface area (Å²) in [7, 11) is 0. The van der Waals surface area contributed by atoms with Crippen molar-refractivity contribution in [3.8, 4) is 0 Å². The largest absolute Gasteiger partial charge is 0.353 e. The number of rotatable bonds is 7. The van der Waals surface area contributed by atoms with Gasteiger partial charge in [-0.2, -0.15) is 5.10 Å². The molecule has 1 aliphatic carbocycles. The van der Waals surface area contributed by atoms with Crippen LogP contribution in [0.1, 0.15) is 44.2 Å². The summed E-state index contributed by atoms with van der Waals surface area (Å²) in [5.74, 6) is 0.154. The zero-order valence-corrected chi connectivity index (χ0v) is 15.5. The Morgan fingerprint density at radius 3 is 2.92 bits per heavy atom. The second kappa shape index (κ2) is 8.62. The highest BCUT2D eigenvalue weighted by atomic mass is 32.2. The molecule has 3 rings (SSSR count). The number of aryl methyl sites for hydroxylation is 2. The van der Waals surface area contributed by atoms with E-state index in [-0.39, 0.29) is 5.91 Å². The van der Waals surface area contributed by atoms with E-state index < -0.39 is 0 Å². The zero-order valence-electron chi connectivity index (χ0n) is 13.9. The number of nitrogens with one attached hydrogen (secondary N) is 1. The van der Waals surface area contributed by atoms with Crippen molar-refractivity contribution >= 4 is 29.0 Å². The third-order valence-electron chi connectivity index (χ3n) is 4.16. The first-order valence-electron chi connectivity index (χ1n) is 8.39. The van der Waals surface area contributed by atoms with E-state index in [2.05, 4.69) is 25.8 Å². The van der Waals surface area contributed by atoms with Crippen LogP contribution in [0.4, 0.5) is 0 Å². The normalized spacial score (nSPS) is 20.9. The molecular weight excluding hydrogens is 342 g/mol. The van der Waals surface area contributed by atoms with Crippen molar-refractivity contribution in [1.82, 2.24) is 25.1 Å². The van der Waals surface area contributed by atoms with Crippen molar-refractivity contribution in [2.24, 2.45) is 0 Å². The maximum absolute atomic E-state index is 12.0. The number of nitrogens with zero attached hydrogens (tertiary/aromatic N) is 4. The number of hydrogen-bond donors (Lipinski definition) is 1. The maximum Gasteiger partial charge on any atom is 0.220 e. The van der Waals surface area contributed by atoms with Gasteiger partial charge in [-0.15, -0.1) is 11.3 Å². The van der Waals surface area contributed by atoms with Crippen molar-refractivity contribution in [1.29, 1.82) is 0 Å². The zero-order chi connectivity index (χ0) is 16.8. The van der Waals surface area contributed by atoms with Crippen LogP contribution in [0.15, 0.2) is 22.4 Å². The standard InChI is InChI=1S/C16H23N5OS2/c1-12-9-23-16(19-12)24-14-6-4-13(5-7-14)20-15(22)3-2-8-21-11-17-10-18-21/h9-11,13-14H,2-8H2,1H3,(H,20,22). The van der Waals surface area contributed by atoms with Crippen LogP contribution in [0.2, 0.25) is 0 Å². The predicted octanol–water partition coefficient (Wildman–Crippen LogP) is 3.04. The minimum atomic E-state index is 0.154. The fourth-order valence-corrected chi connectivity index (χ4v) is 5.19. The molecule has 0 bridgehead atoms. The highest BCUT2D eigenvalue weighted by molar-refractivity contribution is 8.01. The minimum Gasteiger partial charge on any atom is -0.353 e. The van der Waals surface area contributed by atoms with Crippen LogP contribution in [-0.2, 0) is 11.3 Å². The summed E-state index contributed by atoms with van der Waals surface area (Å²) in [5, 5.41) is 9.96. The SMILES string of the molecule is Cc1csc(SC2CCC(NC(=O)CCCn3cncn3)CC2)n1. The summed E-state index contributed by atoms with van der Waals surface area (Å²) in [5.41, 5.74) is 1.11. The van der Waals surface area contributed by atoms with Gasteiger partial charge in [0.05, 0.1) is 0 Å². The smallest absolute Gasteiger partial charge is 0.220 e. The third-order valence-corrected chi connectivity index (χ3v) is 6.59. The molecule has 1 N–H and O–H groups in total. The molecule has 2 aromatic rings. The Balaban J connectivity index is 1.32. The van der Waals surface area contributed by atoms with Gasteiger partial charge in [0.25, 0.3) is 0 Å². The molecule has 0 aromatic carbocycles. The van der Waals surface area contributed by atoms with E-state index in [0.717, 1.165) is 44.3 Å². The number of amides is 1. The van der Waals surface area contributed by atoms with E-state index >= 15 is 0 Å². The fraction of sp³-hybridized carbons (Fsp3) is 0.625. The molecule has 1 saturated carbocycles. The van der Waals surface area contributed by atoms with E-state index in [1.807, 2.05) is 18.7 Å². The number of thiazole rings is 1. The Labute approximate surface area is 150 Å². The summed E-state index contributed by atoms with van der Waals surface area (Å²) in [6.45, 7) is 2.78. The minimum absolute atomic E-state index is 0.154. The van der Waals surface area contributed by atoms with E-state index in [1.54, 1.807) is 22.3 Å². The van der Waals surface area contributed by atoms with Gasteiger partial charge >= 0.3 is 0 Å². The molecule has 0 unspecified atom stereocenters. The van der Waals surface area contributed by atoms with Crippen LogP contribution in [0, 0.1) is 6.92 Å². The van der Waals surface area contributed by atoms with E-state index in [1.165, 1.54) is 10.7 Å². The van der Waals surface area contributed by atoms with Crippen LogP contribution in [0.5, 0.6) is 0 Å². The third kappa shape index (κ3) is 5.31. The molecule has 0 radical (unpaired) electrons. The number of carbonyl (C=O) groups is 1. The van der Waals surface area contributed by atoms with Crippen LogP contribution in [0.25, 0.3) is 0 Å². The lowest BCUT2D eigenvalue weighted by molar-refractivity contribution is -0.122. The number of hydrogen-bond acceptors (Lipinski definition) is 6. The second-order valence-electron chi connectivity index (χ2n) is 6.18. The lowest BCUT2D eigenvalue weighted by Gasteiger charge is -2.28. The van der Waals surface area contributed by atoms with Crippen LogP contribution >= 0.6 is 23.1 Å².